The topological polar surface area (TPSA) is 114 Å². The molecule has 6 nitrogen and oxygen atoms in total. The van der Waals surface area contributed by atoms with Crippen LogP contribution >= 0.6 is 0 Å². The van der Waals surface area contributed by atoms with Crippen molar-refractivity contribution in [2.45, 2.75) is 4.90 Å². The molecule has 1 atom stereocenters. The first-order chi connectivity index (χ1) is 12.0. The zero-order valence-corrected chi connectivity index (χ0v) is 28.2. The van der Waals surface area contributed by atoms with Crippen LogP contribution in [0.15, 0.2) is 53.4 Å². The monoisotopic (exact) mass is 723 g/mol. The molecular formula is C19H15N2O4SY4-. The minimum Gasteiger partial charge on any atom is -0.494 e. The number of benzene rings is 2. The second kappa shape index (κ2) is 13.9. The van der Waals surface area contributed by atoms with Crippen LogP contribution in [-0.2, 0) is 142 Å². The summed E-state index contributed by atoms with van der Waals surface area (Å²) in [6, 6.07) is 12.9. The third-order valence-corrected chi connectivity index (χ3v) is 4.92. The molecule has 1 heterocycles. The second-order valence-corrected chi connectivity index (χ2v) is 6.59. The van der Waals surface area contributed by atoms with Gasteiger partial charge in [-0.1, -0.05) is 36.4 Å². The van der Waals surface area contributed by atoms with Crippen LogP contribution in [0.25, 0.3) is 11.3 Å². The molecule has 1 aromatic heterocycles. The summed E-state index contributed by atoms with van der Waals surface area (Å²) < 4.78 is 20.2. The Hall–Kier alpha value is 1.39. The molecule has 0 bridgehead atoms. The van der Waals surface area contributed by atoms with E-state index in [0.29, 0.717) is 22.4 Å². The first-order valence-electron chi connectivity index (χ1n) is 7.38. The standard InChI is InChI=1S/C18H12N2O4S.CH3.4Y/c19-15-11-3-1-2-4-12(11)17(21)14-13(15)18(22)20-16(14)9-5-7-10(8-6-9)25(23)24;;;;;/h1-8,19-20,22H,(H,23,24);1H3;;;;/q;-1;;;;. The minimum atomic E-state index is -2.09. The van der Waals surface area contributed by atoms with Gasteiger partial charge in [0.15, 0.2) is 22.7 Å². The van der Waals surface area contributed by atoms with Crippen molar-refractivity contribution in [1.82, 2.24) is 4.98 Å². The molecule has 4 N–H and O–H groups in total. The molecule has 30 heavy (non-hydrogen) atoms. The number of hydrogen-bond acceptors (Lipinski definition) is 4. The first-order valence-corrected chi connectivity index (χ1v) is 8.49. The van der Waals surface area contributed by atoms with Crippen LogP contribution in [0.5, 0.6) is 5.88 Å². The van der Waals surface area contributed by atoms with Crippen molar-refractivity contribution in [2.75, 3.05) is 0 Å². The number of nitrogens with one attached hydrogen (secondary N) is 2. The van der Waals surface area contributed by atoms with E-state index in [1.54, 1.807) is 36.4 Å². The van der Waals surface area contributed by atoms with Gasteiger partial charge in [0.05, 0.1) is 27.4 Å². The Bertz CT molecular complexity index is 1080. The van der Waals surface area contributed by atoms with Gasteiger partial charge in [0.1, 0.15) is 0 Å². The molecule has 11 heteroatoms. The molecule has 0 aliphatic heterocycles. The number of carbonyl (C=O) groups excluding carboxylic acids is 1. The smallest absolute Gasteiger partial charge is 0.199 e. The van der Waals surface area contributed by atoms with E-state index in [4.69, 9.17) is 9.96 Å². The number of aromatic hydroxyl groups is 1. The molecule has 0 saturated carbocycles. The number of rotatable bonds is 2. The van der Waals surface area contributed by atoms with Gasteiger partial charge in [0.25, 0.3) is 0 Å². The summed E-state index contributed by atoms with van der Waals surface area (Å²) in [5.74, 6) is -0.518. The molecule has 144 valence electrons. The Morgan fingerprint density at radius 3 is 1.93 bits per heavy atom. The van der Waals surface area contributed by atoms with Crippen LogP contribution in [-0.4, -0.2) is 30.3 Å². The van der Waals surface area contributed by atoms with Gasteiger partial charge in [-0.3, -0.25) is 10.2 Å². The van der Waals surface area contributed by atoms with E-state index in [9.17, 15) is 14.1 Å². The van der Waals surface area contributed by atoms with Crippen molar-refractivity contribution in [3.05, 3.63) is 78.2 Å². The van der Waals surface area contributed by atoms with E-state index < -0.39 is 11.1 Å². The van der Waals surface area contributed by atoms with Crippen LogP contribution in [0, 0.1) is 12.8 Å². The molecule has 0 amide bonds. The number of fused-ring (bicyclic) bond motifs is 2. The van der Waals surface area contributed by atoms with Crippen molar-refractivity contribution in [1.29, 1.82) is 5.41 Å². The molecule has 4 rings (SSSR count). The van der Waals surface area contributed by atoms with E-state index in [2.05, 4.69) is 4.98 Å². The molecule has 2 aromatic carbocycles. The summed E-state index contributed by atoms with van der Waals surface area (Å²) in [5, 5.41) is 18.6. The van der Waals surface area contributed by atoms with Gasteiger partial charge in [0, 0.05) is 142 Å². The van der Waals surface area contributed by atoms with E-state index in [0.717, 1.165) is 0 Å². The molecule has 1 unspecified atom stereocenters. The third-order valence-electron chi connectivity index (χ3n) is 4.24. The van der Waals surface area contributed by atoms with Crippen molar-refractivity contribution in [3.8, 4) is 17.1 Å². The third kappa shape index (κ3) is 6.08. The van der Waals surface area contributed by atoms with Crippen molar-refractivity contribution < 1.29 is 149 Å². The fourth-order valence-corrected chi connectivity index (χ4v) is 3.45. The predicted octanol–water partition coefficient (Wildman–Crippen LogP) is 3.37. The number of H-pyrrole nitrogens is 1. The van der Waals surface area contributed by atoms with Crippen LogP contribution in [0.3, 0.4) is 0 Å². The van der Waals surface area contributed by atoms with E-state index in [1.807, 2.05) is 0 Å². The summed E-state index contributed by atoms with van der Waals surface area (Å²) in [7, 11) is 0. The van der Waals surface area contributed by atoms with E-state index in [-0.39, 0.29) is 172 Å². The van der Waals surface area contributed by atoms with Crippen molar-refractivity contribution >= 4 is 22.6 Å². The first kappa shape index (κ1) is 33.6. The van der Waals surface area contributed by atoms with Gasteiger partial charge in [-0.15, -0.1) is 0 Å². The molecule has 1 aliphatic carbocycles. The second-order valence-electron chi connectivity index (χ2n) is 5.62. The fourth-order valence-electron chi connectivity index (χ4n) is 3.08. The number of aromatic nitrogens is 1. The SMILES string of the molecule is N=C1c2ccccc2C(=O)c2c(-c3ccc(S(=O)O)cc3)[nH]c(O)c21.[CH3-].[Y].[Y].[Y].[Y]. The fraction of sp³-hybridized carbons (Fsp3) is 0. The maximum absolute atomic E-state index is 12.9. The maximum atomic E-state index is 12.9. The van der Waals surface area contributed by atoms with Gasteiger partial charge in [-0.2, -0.15) is 0 Å². The Morgan fingerprint density at radius 1 is 0.867 bits per heavy atom. The minimum absolute atomic E-state index is 0. The molecule has 4 radical (unpaired) electrons. The number of ketones is 1. The number of carbonyl (C=O) groups is 1. The van der Waals surface area contributed by atoms with Gasteiger partial charge >= 0.3 is 0 Å². The Labute approximate surface area is 277 Å². The zero-order valence-electron chi connectivity index (χ0n) is 16.0. The van der Waals surface area contributed by atoms with Crippen molar-refractivity contribution in [3.63, 3.8) is 0 Å². The maximum Gasteiger partial charge on any atom is 0.199 e. The van der Waals surface area contributed by atoms with Gasteiger partial charge in [-0.05, 0) is 17.7 Å². The average Bonchev–Trinajstić information content (AvgIpc) is 2.97. The number of aromatic amines is 1. The Balaban J connectivity index is 0. The molecule has 1 aliphatic rings. The summed E-state index contributed by atoms with van der Waals surface area (Å²) in [4.78, 5) is 15.9. The average molecular weight is 723 g/mol. The van der Waals surface area contributed by atoms with Crippen LogP contribution in [0.2, 0.25) is 0 Å². The molecule has 0 saturated heterocycles. The van der Waals surface area contributed by atoms with Crippen molar-refractivity contribution in [2.24, 2.45) is 0 Å². The molecular weight excluding hydrogens is 708 g/mol. The van der Waals surface area contributed by atoms with E-state index >= 15 is 0 Å². The Morgan fingerprint density at radius 2 is 1.40 bits per heavy atom. The summed E-state index contributed by atoms with van der Waals surface area (Å²) in [5.41, 5.74) is 2.34. The largest absolute Gasteiger partial charge is 0.494 e. The quantitative estimate of drug-likeness (QED) is 0.188. The van der Waals surface area contributed by atoms with Gasteiger partial charge < -0.3 is 22.1 Å². The summed E-state index contributed by atoms with van der Waals surface area (Å²) in [6.45, 7) is 0. The molecule has 3 aromatic rings. The van der Waals surface area contributed by atoms with Crippen LogP contribution in [0.1, 0.15) is 27.0 Å². The summed E-state index contributed by atoms with van der Waals surface area (Å²) in [6.07, 6.45) is 0. The van der Waals surface area contributed by atoms with Crippen LogP contribution < -0.4 is 0 Å². The predicted molar refractivity (Wildman–Crippen MR) is 99.1 cm³/mol. The van der Waals surface area contributed by atoms with Gasteiger partial charge in [-0.25, -0.2) is 4.21 Å². The molecule has 0 fully saturated rings. The Kier molecular flexibility index (Phi) is 15.6. The zero-order chi connectivity index (χ0) is 17.7. The normalized spacial score (nSPS) is 11.8. The summed E-state index contributed by atoms with van der Waals surface area (Å²) >= 11 is -2.09. The van der Waals surface area contributed by atoms with Crippen LogP contribution in [0.4, 0.5) is 0 Å². The van der Waals surface area contributed by atoms with Gasteiger partial charge in [0.2, 0.25) is 0 Å². The molecule has 0 spiro atoms. The number of hydrogen-bond donors (Lipinski definition) is 4. The van der Waals surface area contributed by atoms with E-state index in [1.165, 1.54) is 12.1 Å².